The fourth-order valence-corrected chi connectivity index (χ4v) is 2.81. The Morgan fingerprint density at radius 1 is 1.00 bits per heavy atom. The number of aromatic amines is 1. The molecule has 128 valence electrons. The quantitative estimate of drug-likeness (QED) is 0.490. The summed E-state index contributed by atoms with van der Waals surface area (Å²) in [4.78, 5) is 12.9. The fourth-order valence-electron chi connectivity index (χ4n) is 2.14. The normalized spacial score (nSPS) is 10.4. The third-order valence-corrected chi connectivity index (χ3v) is 4.23. The number of rotatable bonds is 7. The molecule has 7 heteroatoms. The molecule has 6 nitrogen and oxygen atoms in total. The first kappa shape index (κ1) is 17.1. The lowest BCUT2D eigenvalue weighted by molar-refractivity contribution is 0.251. The van der Waals surface area contributed by atoms with Gasteiger partial charge in [0.15, 0.2) is 0 Å². The highest BCUT2D eigenvalue weighted by Gasteiger charge is 2.03. The van der Waals surface area contributed by atoms with Crippen LogP contribution in [0.15, 0.2) is 71.9 Å². The summed E-state index contributed by atoms with van der Waals surface area (Å²) in [5.74, 6) is 0. The van der Waals surface area contributed by atoms with E-state index >= 15 is 0 Å². The third kappa shape index (κ3) is 5.66. The number of benzene rings is 2. The zero-order valence-corrected chi connectivity index (χ0v) is 14.3. The van der Waals surface area contributed by atoms with Crippen LogP contribution in [0, 0.1) is 0 Å². The van der Waals surface area contributed by atoms with Crippen molar-refractivity contribution in [2.45, 2.75) is 18.0 Å². The molecular weight excluding hydrogens is 334 g/mol. The minimum Gasteiger partial charge on any atom is -0.334 e. The van der Waals surface area contributed by atoms with Crippen LogP contribution < -0.4 is 15.4 Å². The van der Waals surface area contributed by atoms with Crippen molar-refractivity contribution in [3.05, 3.63) is 78.1 Å². The zero-order chi connectivity index (χ0) is 17.3. The van der Waals surface area contributed by atoms with Gasteiger partial charge in [-0.1, -0.05) is 30.3 Å². The molecule has 4 N–H and O–H groups in total. The molecule has 0 saturated carbocycles. The number of carbonyl (C=O) groups excluding carboxylic acids is 1. The zero-order valence-electron chi connectivity index (χ0n) is 13.5. The van der Waals surface area contributed by atoms with E-state index in [1.807, 2.05) is 42.5 Å². The van der Waals surface area contributed by atoms with Gasteiger partial charge in [0.2, 0.25) is 0 Å². The Morgan fingerprint density at radius 2 is 1.80 bits per heavy atom. The van der Waals surface area contributed by atoms with Gasteiger partial charge in [-0.15, -0.1) is 0 Å². The summed E-state index contributed by atoms with van der Waals surface area (Å²) in [6.07, 6.45) is 3.42. The molecule has 0 spiro atoms. The summed E-state index contributed by atoms with van der Waals surface area (Å²) < 4.78 is 3.32. The molecule has 3 rings (SSSR count). The minimum absolute atomic E-state index is 0.246. The van der Waals surface area contributed by atoms with Crippen molar-refractivity contribution < 1.29 is 4.79 Å². The number of nitrogens with zero attached hydrogens (tertiary/aromatic N) is 1. The predicted octanol–water partition coefficient (Wildman–Crippen LogP) is 3.53. The van der Waals surface area contributed by atoms with E-state index in [9.17, 15) is 4.79 Å². The number of carbonyl (C=O) groups is 1. The summed E-state index contributed by atoms with van der Waals surface area (Å²) in [5, 5.41) is 12.1. The van der Waals surface area contributed by atoms with Gasteiger partial charge in [0.25, 0.3) is 0 Å². The number of hydrogen-bond donors (Lipinski definition) is 4. The number of anilines is 1. The molecule has 0 radical (unpaired) electrons. The number of H-pyrrole nitrogens is 1. The van der Waals surface area contributed by atoms with E-state index in [1.54, 1.807) is 24.3 Å². The minimum atomic E-state index is -0.246. The van der Waals surface area contributed by atoms with Crippen molar-refractivity contribution in [3.8, 4) is 0 Å². The first-order valence-corrected chi connectivity index (χ1v) is 8.67. The molecule has 0 aliphatic heterocycles. The topological polar surface area (TPSA) is 81.8 Å². The van der Waals surface area contributed by atoms with Gasteiger partial charge in [0, 0.05) is 35.4 Å². The van der Waals surface area contributed by atoms with Crippen LogP contribution in [-0.2, 0) is 13.1 Å². The van der Waals surface area contributed by atoms with Crippen molar-refractivity contribution in [3.63, 3.8) is 0 Å². The smallest absolute Gasteiger partial charge is 0.319 e. The van der Waals surface area contributed by atoms with Crippen LogP contribution in [0.1, 0.15) is 11.1 Å². The van der Waals surface area contributed by atoms with Gasteiger partial charge in [0.1, 0.15) is 0 Å². The Kier molecular flexibility index (Phi) is 6.08. The van der Waals surface area contributed by atoms with Crippen molar-refractivity contribution in [2.24, 2.45) is 0 Å². The summed E-state index contributed by atoms with van der Waals surface area (Å²) >= 11 is 1.56. The molecule has 2 amide bonds. The number of nitrogens with one attached hydrogen (secondary N) is 4. The Hall–Kier alpha value is -2.77. The van der Waals surface area contributed by atoms with Gasteiger partial charge in [-0.2, -0.15) is 5.10 Å². The van der Waals surface area contributed by atoms with Crippen molar-refractivity contribution in [1.82, 2.24) is 20.2 Å². The van der Waals surface area contributed by atoms with E-state index in [2.05, 4.69) is 37.7 Å². The maximum Gasteiger partial charge on any atom is 0.319 e. The molecule has 0 fully saturated rings. The molecule has 25 heavy (non-hydrogen) atoms. The van der Waals surface area contributed by atoms with E-state index in [4.69, 9.17) is 0 Å². The molecule has 0 bridgehead atoms. The van der Waals surface area contributed by atoms with Gasteiger partial charge >= 0.3 is 6.03 Å². The van der Waals surface area contributed by atoms with Crippen molar-refractivity contribution in [1.29, 1.82) is 0 Å². The Morgan fingerprint density at radius 3 is 2.52 bits per heavy atom. The molecule has 0 aliphatic carbocycles. The molecule has 0 aliphatic rings. The van der Waals surface area contributed by atoms with E-state index < -0.39 is 0 Å². The number of urea groups is 1. The Balaban J connectivity index is 1.41. The summed E-state index contributed by atoms with van der Waals surface area (Å²) in [7, 11) is 0. The maximum atomic E-state index is 11.9. The second kappa shape index (κ2) is 8.91. The van der Waals surface area contributed by atoms with Crippen molar-refractivity contribution >= 4 is 23.7 Å². The van der Waals surface area contributed by atoms with Crippen LogP contribution in [0.4, 0.5) is 10.5 Å². The van der Waals surface area contributed by atoms with Crippen LogP contribution in [0.5, 0.6) is 0 Å². The lowest BCUT2D eigenvalue weighted by Crippen LogP contribution is -2.27. The monoisotopic (exact) mass is 353 g/mol. The lowest BCUT2D eigenvalue weighted by atomic mass is 10.2. The molecule has 1 aromatic heterocycles. The van der Waals surface area contributed by atoms with Crippen LogP contribution in [-0.4, -0.2) is 16.2 Å². The standard InChI is InChI=1S/C18H19N5OS/c24-18(19-10-15-11-20-21-12-15)23-16-6-8-17(9-7-16)25-22-13-14-4-2-1-3-5-14/h1-9,11-12,22H,10,13H2,(H,20,21)(H2,19,23,24). The molecule has 2 aromatic carbocycles. The first-order chi connectivity index (χ1) is 12.3. The van der Waals surface area contributed by atoms with Crippen molar-refractivity contribution in [2.75, 3.05) is 5.32 Å². The van der Waals surface area contributed by atoms with Gasteiger partial charge in [-0.05, 0) is 41.8 Å². The number of hydrogen-bond acceptors (Lipinski definition) is 4. The van der Waals surface area contributed by atoms with Crippen LogP contribution in [0.25, 0.3) is 0 Å². The third-order valence-electron chi connectivity index (χ3n) is 3.43. The molecule has 0 unspecified atom stereocenters. The molecule has 1 heterocycles. The largest absolute Gasteiger partial charge is 0.334 e. The molecular formula is C18H19N5OS. The Labute approximate surface area is 150 Å². The summed E-state index contributed by atoms with van der Waals surface area (Å²) in [6, 6.07) is 17.7. The van der Waals surface area contributed by atoms with Crippen LogP contribution >= 0.6 is 11.9 Å². The fraction of sp³-hybridized carbons (Fsp3) is 0.111. The highest BCUT2D eigenvalue weighted by atomic mass is 32.2. The summed E-state index contributed by atoms with van der Waals surface area (Å²) in [5.41, 5.74) is 2.91. The summed E-state index contributed by atoms with van der Waals surface area (Å²) in [6.45, 7) is 1.22. The maximum absolute atomic E-state index is 11.9. The van der Waals surface area contributed by atoms with Gasteiger partial charge in [-0.25, -0.2) is 4.79 Å². The first-order valence-electron chi connectivity index (χ1n) is 7.86. The van der Waals surface area contributed by atoms with E-state index in [0.29, 0.717) is 6.54 Å². The highest BCUT2D eigenvalue weighted by molar-refractivity contribution is 7.97. The SMILES string of the molecule is O=C(NCc1cn[nH]c1)Nc1ccc(SNCc2ccccc2)cc1. The van der Waals surface area contributed by atoms with E-state index in [-0.39, 0.29) is 6.03 Å². The van der Waals surface area contributed by atoms with Gasteiger partial charge < -0.3 is 10.6 Å². The van der Waals surface area contributed by atoms with Gasteiger partial charge in [-0.3, -0.25) is 9.82 Å². The number of aromatic nitrogens is 2. The number of amides is 2. The second-order valence-electron chi connectivity index (χ2n) is 5.35. The average molecular weight is 353 g/mol. The molecule has 3 aromatic rings. The van der Waals surface area contributed by atoms with E-state index in [0.717, 1.165) is 22.7 Å². The van der Waals surface area contributed by atoms with Crippen LogP contribution in [0.2, 0.25) is 0 Å². The molecule has 0 atom stereocenters. The average Bonchev–Trinajstić information content (AvgIpc) is 3.16. The predicted molar refractivity (Wildman–Crippen MR) is 100 cm³/mol. The van der Waals surface area contributed by atoms with E-state index in [1.165, 1.54) is 5.56 Å². The van der Waals surface area contributed by atoms with Gasteiger partial charge in [0.05, 0.1) is 6.20 Å². The Bertz CT molecular complexity index is 775. The lowest BCUT2D eigenvalue weighted by Gasteiger charge is -2.08. The second-order valence-corrected chi connectivity index (χ2v) is 6.31. The molecule has 0 saturated heterocycles. The highest BCUT2D eigenvalue weighted by Crippen LogP contribution is 2.18. The van der Waals surface area contributed by atoms with Crippen LogP contribution in [0.3, 0.4) is 0 Å².